The van der Waals surface area contributed by atoms with Crippen molar-refractivity contribution in [3.63, 3.8) is 0 Å². The summed E-state index contributed by atoms with van der Waals surface area (Å²) in [4.78, 5) is 0. The second-order valence-electron chi connectivity index (χ2n) is 14.2. The number of rotatable bonds is 6. The fourth-order valence-corrected chi connectivity index (χ4v) is 12.6. The van der Waals surface area contributed by atoms with E-state index in [2.05, 4.69) is 11.8 Å². The highest BCUT2D eigenvalue weighted by atomic mass is 33.1. The Morgan fingerprint density at radius 3 is 2.59 bits per heavy atom. The Hall–Kier alpha value is -3.40. The summed E-state index contributed by atoms with van der Waals surface area (Å²) >= 11 is 0. The Bertz CT molecular complexity index is 1890. The second kappa shape index (κ2) is 14.2. The van der Waals surface area contributed by atoms with Gasteiger partial charge < -0.3 is 44.5 Å². The highest BCUT2D eigenvalue weighted by Gasteiger charge is 2.49. The third kappa shape index (κ3) is 5.88. The molecule has 11 heteroatoms. The maximum absolute atomic E-state index is 12.7. The molecular formula is C40H44O9S2. The number of aliphatic hydroxyl groups excluding tert-OH is 3. The van der Waals surface area contributed by atoms with Crippen molar-refractivity contribution in [1.29, 1.82) is 0 Å². The number of aliphatic hydroxyl groups is 3. The molecule has 2 aliphatic heterocycles. The van der Waals surface area contributed by atoms with Crippen molar-refractivity contribution in [2.24, 2.45) is 5.92 Å². The van der Waals surface area contributed by atoms with E-state index >= 15 is 0 Å². The molecule has 8 rings (SSSR count). The van der Waals surface area contributed by atoms with Crippen LogP contribution in [0.3, 0.4) is 0 Å². The molecule has 51 heavy (non-hydrogen) atoms. The summed E-state index contributed by atoms with van der Waals surface area (Å²) in [6.07, 6.45) is 4.72. The number of aromatic hydroxyl groups is 2. The van der Waals surface area contributed by atoms with E-state index in [0.29, 0.717) is 33.8 Å². The molecule has 8 atom stereocenters. The quantitative estimate of drug-likeness (QED) is 0.139. The van der Waals surface area contributed by atoms with Crippen LogP contribution >= 0.6 is 21.6 Å². The van der Waals surface area contributed by atoms with Crippen LogP contribution in [0.15, 0.2) is 30.3 Å². The lowest BCUT2D eigenvalue weighted by Gasteiger charge is -2.44. The molecule has 1 saturated carbocycles. The second-order valence-corrected chi connectivity index (χ2v) is 17.0. The van der Waals surface area contributed by atoms with Crippen molar-refractivity contribution in [1.82, 2.24) is 0 Å². The zero-order valence-corrected chi connectivity index (χ0v) is 30.4. The summed E-state index contributed by atoms with van der Waals surface area (Å²) in [6, 6.07) is 8.99. The number of benzene rings is 3. The standard InChI is InChI=1S/C40H44O9S2/c1-46-31-17-27-25(39(47-2)37(31)44)7-4-8-32-36-35-30(49-40(27)38(36)45)18-29(48-14-13-41)33-24-12-10-21(43)16-26(24)23(28(19-42)34(33)35)11-9-20-5-3-6-22(15-20)50-51-32/h10,12,16-18,20,22-23,28,32,36,38,40-45H,3,5-7,9,11,13-15,19H2,1-2H3/t20-,22-,23+,28+,32+,36+,38+,40-/m0/s1. The van der Waals surface area contributed by atoms with Gasteiger partial charge in [-0.05, 0) is 72.4 Å². The number of fused-ring (bicyclic) bond motifs is 9. The van der Waals surface area contributed by atoms with Crippen LogP contribution in [0.5, 0.6) is 34.5 Å². The molecule has 270 valence electrons. The minimum absolute atomic E-state index is 0.0432. The highest BCUT2D eigenvalue weighted by molar-refractivity contribution is 8.77. The maximum atomic E-state index is 12.7. The Balaban J connectivity index is 1.43. The molecule has 0 saturated heterocycles. The van der Waals surface area contributed by atoms with Crippen LogP contribution in [0.4, 0.5) is 0 Å². The molecule has 3 aromatic rings. The largest absolute Gasteiger partial charge is 0.508 e. The van der Waals surface area contributed by atoms with Gasteiger partial charge in [0, 0.05) is 51.8 Å². The van der Waals surface area contributed by atoms with E-state index in [4.69, 9.17) is 18.9 Å². The molecule has 2 heterocycles. The van der Waals surface area contributed by atoms with Gasteiger partial charge in [0.15, 0.2) is 17.6 Å². The minimum atomic E-state index is -1.07. The third-order valence-corrected chi connectivity index (χ3v) is 14.7. The summed E-state index contributed by atoms with van der Waals surface area (Å²) in [5.41, 5.74) is 5.57. The van der Waals surface area contributed by atoms with E-state index in [9.17, 15) is 25.5 Å². The van der Waals surface area contributed by atoms with E-state index in [0.717, 1.165) is 59.9 Å². The van der Waals surface area contributed by atoms with Crippen LogP contribution < -0.4 is 18.9 Å². The van der Waals surface area contributed by atoms with Crippen molar-refractivity contribution < 1.29 is 44.5 Å². The number of hydrogen-bond donors (Lipinski definition) is 5. The first-order valence-corrected chi connectivity index (χ1v) is 20.1. The van der Waals surface area contributed by atoms with Crippen molar-refractivity contribution in [3.05, 3.63) is 58.1 Å². The number of phenolic OH excluding ortho intramolecular Hbond substituents is 2. The molecule has 0 amide bonds. The molecule has 0 spiro atoms. The summed E-state index contributed by atoms with van der Waals surface area (Å²) in [5.74, 6) is 7.99. The number of methoxy groups -OCH3 is 2. The SMILES string of the molecule is COc1cc2c(c(OC)c1O)CC#C[C@H]1SS[C@H]3CCC[C@@H](CC[C@@H]4c5cc(O)ccc5-c5c(OCCO)cc6c(c5[C@@H]4CO)[C@@H]1[C@@H](O)[C@H]2O6)C3. The van der Waals surface area contributed by atoms with Gasteiger partial charge in [-0.2, -0.15) is 0 Å². The molecule has 0 aromatic heterocycles. The molecule has 5 N–H and O–H groups in total. The predicted molar refractivity (Wildman–Crippen MR) is 197 cm³/mol. The lowest BCUT2D eigenvalue weighted by atomic mass is 9.65. The summed E-state index contributed by atoms with van der Waals surface area (Å²) in [7, 11) is 6.56. The van der Waals surface area contributed by atoms with E-state index in [1.165, 1.54) is 20.6 Å². The normalized spacial score (nSPS) is 28.7. The summed E-state index contributed by atoms with van der Waals surface area (Å²) in [5, 5.41) is 56.0. The first-order valence-electron chi connectivity index (χ1n) is 17.9. The van der Waals surface area contributed by atoms with Gasteiger partial charge in [0.05, 0.1) is 32.7 Å². The van der Waals surface area contributed by atoms with Crippen LogP contribution in [0.25, 0.3) is 11.1 Å². The van der Waals surface area contributed by atoms with E-state index < -0.39 is 18.1 Å². The van der Waals surface area contributed by atoms with Gasteiger partial charge in [-0.3, -0.25) is 0 Å². The highest BCUT2D eigenvalue weighted by Crippen LogP contribution is 2.62. The van der Waals surface area contributed by atoms with Gasteiger partial charge in [0.1, 0.15) is 30.0 Å². The molecule has 0 radical (unpaired) electrons. The van der Waals surface area contributed by atoms with Crippen molar-refractivity contribution in [3.8, 4) is 57.5 Å². The van der Waals surface area contributed by atoms with Gasteiger partial charge in [0.2, 0.25) is 5.75 Å². The van der Waals surface area contributed by atoms with Crippen LogP contribution in [0.1, 0.15) is 90.2 Å². The Labute approximate surface area is 306 Å². The first-order chi connectivity index (χ1) is 24.9. The smallest absolute Gasteiger partial charge is 0.201 e. The van der Waals surface area contributed by atoms with Crippen molar-refractivity contribution in [2.75, 3.05) is 34.0 Å². The Morgan fingerprint density at radius 1 is 0.941 bits per heavy atom. The molecule has 1 fully saturated rings. The molecule has 0 unspecified atom stereocenters. The van der Waals surface area contributed by atoms with Crippen LogP contribution in [0, 0.1) is 17.8 Å². The molecule has 5 aliphatic rings. The number of phenols is 2. The number of hydrogen-bond acceptors (Lipinski definition) is 11. The van der Waals surface area contributed by atoms with Gasteiger partial charge in [-0.15, -0.1) is 0 Å². The fraction of sp³-hybridized carbons (Fsp3) is 0.500. The minimum Gasteiger partial charge on any atom is -0.508 e. The van der Waals surface area contributed by atoms with E-state index in [1.54, 1.807) is 22.9 Å². The predicted octanol–water partition coefficient (Wildman–Crippen LogP) is 6.57. The third-order valence-electron chi connectivity index (χ3n) is 11.5. The summed E-state index contributed by atoms with van der Waals surface area (Å²) < 4.78 is 24.5. The van der Waals surface area contributed by atoms with E-state index in [1.807, 2.05) is 29.0 Å². The van der Waals surface area contributed by atoms with Crippen molar-refractivity contribution in [2.45, 2.75) is 85.4 Å². The van der Waals surface area contributed by atoms with Crippen LogP contribution in [0.2, 0.25) is 0 Å². The average molecular weight is 733 g/mol. The molecule has 9 nitrogen and oxygen atoms in total. The van der Waals surface area contributed by atoms with Gasteiger partial charge in [-0.1, -0.05) is 52.3 Å². The number of ether oxygens (including phenoxy) is 4. The first kappa shape index (κ1) is 34.7. The van der Waals surface area contributed by atoms with Gasteiger partial charge in [0.25, 0.3) is 0 Å². The van der Waals surface area contributed by atoms with Gasteiger partial charge in [-0.25, -0.2) is 0 Å². The lowest BCUT2D eigenvalue weighted by Crippen LogP contribution is -2.40. The average Bonchev–Trinajstić information content (AvgIpc) is 3.16. The maximum Gasteiger partial charge on any atom is 0.201 e. The molecule has 3 aliphatic carbocycles. The fourth-order valence-electron chi connectivity index (χ4n) is 9.32. The molecule has 6 bridgehead atoms. The zero-order valence-electron chi connectivity index (χ0n) is 28.8. The van der Waals surface area contributed by atoms with Crippen LogP contribution in [-0.4, -0.2) is 76.2 Å². The molecular weight excluding hydrogens is 689 g/mol. The zero-order chi connectivity index (χ0) is 35.4. The monoisotopic (exact) mass is 732 g/mol. The van der Waals surface area contributed by atoms with Crippen molar-refractivity contribution >= 4 is 21.6 Å². The van der Waals surface area contributed by atoms with Crippen LogP contribution in [-0.2, 0) is 6.42 Å². The Kier molecular flexibility index (Phi) is 9.66. The Morgan fingerprint density at radius 2 is 1.80 bits per heavy atom. The topological polar surface area (TPSA) is 138 Å². The summed E-state index contributed by atoms with van der Waals surface area (Å²) in [6.45, 7) is -0.311. The lowest BCUT2D eigenvalue weighted by molar-refractivity contribution is 0.000579. The van der Waals surface area contributed by atoms with Gasteiger partial charge >= 0.3 is 0 Å². The molecule has 3 aromatic carbocycles. The van der Waals surface area contributed by atoms with E-state index in [-0.39, 0.29) is 66.3 Å².